The van der Waals surface area contributed by atoms with Crippen molar-refractivity contribution in [3.8, 4) is 0 Å². The topological polar surface area (TPSA) is 43.1 Å². The number of amides is 1. The van der Waals surface area contributed by atoms with Gasteiger partial charge >= 0.3 is 0 Å². The molecular weight excluding hydrogens is 125 g/mol. The summed E-state index contributed by atoms with van der Waals surface area (Å²) in [4.78, 5) is 9.47. The number of rotatable bonds is 1. The first-order chi connectivity index (χ1) is 3.68. The van der Waals surface area contributed by atoms with Crippen molar-refractivity contribution in [2.75, 3.05) is 0 Å². The van der Waals surface area contributed by atoms with Crippen LogP contribution in [0, 0.1) is 0 Å². The van der Waals surface area contributed by atoms with Crippen LogP contribution in [0.1, 0.15) is 20.3 Å². The van der Waals surface area contributed by atoms with Crippen molar-refractivity contribution in [1.29, 1.82) is 0 Å². The van der Waals surface area contributed by atoms with Crippen LogP contribution < -0.4 is 5.73 Å². The Morgan fingerprint density at radius 1 is 1.67 bits per heavy atom. The standard InChI is InChI=1S/C3H5NO.C3H8.Na/c1-2-3(4)5;1-3-2;/h2H,1H2,(H2,4,5);3H2,1-2H3;. The molecule has 0 aromatic carbocycles. The largest absolute Gasteiger partial charge is 0.366 e. The van der Waals surface area contributed by atoms with E-state index in [1.54, 1.807) is 0 Å². The molecule has 0 spiro atoms. The van der Waals surface area contributed by atoms with E-state index in [0.29, 0.717) is 0 Å². The maximum absolute atomic E-state index is 9.47. The van der Waals surface area contributed by atoms with Gasteiger partial charge in [-0.25, -0.2) is 0 Å². The number of hydrogen-bond donors (Lipinski definition) is 1. The molecule has 1 amide bonds. The van der Waals surface area contributed by atoms with Crippen LogP contribution in [-0.4, -0.2) is 35.5 Å². The van der Waals surface area contributed by atoms with Crippen molar-refractivity contribution >= 4 is 35.5 Å². The predicted octanol–water partition coefficient (Wildman–Crippen LogP) is 0.693. The third kappa shape index (κ3) is 64.8. The minimum absolute atomic E-state index is 0. The van der Waals surface area contributed by atoms with Crippen molar-refractivity contribution in [1.82, 2.24) is 0 Å². The van der Waals surface area contributed by atoms with E-state index in [2.05, 4.69) is 26.2 Å². The molecule has 0 saturated heterocycles. The number of carbonyl (C=O) groups is 1. The van der Waals surface area contributed by atoms with E-state index in [4.69, 9.17) is 0 Å². The first kappa shape index (κ1) is 16.1. The predicted molar refractivity (Wildman–Crippen MR) is 41.1 cm³/mol. The van der Waals surface area contributed by atoms with Crippen LogP contribution in [0.4, 0.5) is 0 Å². The smallest absolute Gasteiger partial charge is 0.240 e. The molecule has 0 heterocycles. The minimum Gasteiger partial charge on any atom is -0.366 e. The van der Waals surface area contributed by atoms with Crippen LogP contribution in [-0.2, 0) is 4.79 Å². The molecule has 0 aromatic heterocycles. The summed E-state index contributed by atoms with van der Waals surface area (Å²) in [6.07, 6.45) is 2.31. The summed E-state index contributed by atoms with van der Waals surface area (Å²) in [5.74, 6) is -0.481. The maximum Gasteiger partial charge on any atom is 0.240 e. The van der Waals surface area contributed by atoms with Gasteiger partial charge < -0.3 is 5.73 Å². The molecule has 0 fully saturated rings. The van der Waals surface area contributed by atoms with Crippen LogP contribution in [0.5, 0.6) is 0 Å². The van der Waals surface area contributed by atoms with Crippen molar-refractivity contribution in [3.05, 3.63) is 12.7 Å². The average molecular weight is 138 g/mol. The molecule has 2 N–H and O–H groups in total. The van der Waals surface area contributed by atoms with E-state index in [1.807, 2.05) is 0 Å². The minimum atomic E-state index is -0.481. The Bertz CT molecular complexity index is 73.5. The number of hydrogen-bond acceptors (Lipinski definition) is 1. The van der Waals surface area contributed by atoms with E-state index in [9.17, 15) is 4.79 Å². The van der Waals surface area contributed by atoms with Crippen molar-refractivity contribution in [2.24, 2.45) is 5.73 Å². The Labute approximate surface area is 78.8 Å². The molecule has 0 aromatic rings. The normalized spacial score (nSPS) is 5.56. The number of carbonyl (C=O) groups excluding carboxylic acids is 1. The summed E-state index contributed by atoms with van der Waals surface area (Å²) in [6.45, 7) is 7.34. The van der Waals surface area contributed by atoms with Gasteiger partial charge in [0.15, 0.2) is 0 Å². The van der Waals surface area contributed by atoms with Gasteiger partial charge in [-0.1, -0.05) is 26.8 Å². The van der Waals surface area contributed by atoms with Gasteiger partial charge in [0.05, 0.1) is 0 Å². The molecule has 0 rings (SSSR count). The molecule has 49 valence electrons. The number of nitrogens with two attached hydrogens (primary N) is 1. The van der Waals surface area contributed by atoms with Gasteiger partial charge in [0.2, 0.25) is 5.91 Å². The molecule has 0 aliphatic carbocycles. The molecule has 0 aliphatic heterocycles. The van der Waals surface area contributed by atoms with Gasteiger partial charge in [0.1, 0.15) is 0 Å². The van der Waals surface area contributed by atoms with E-state index in [-0.39, 0.29) is 29.6 Å². The zero-order valence-corrected chi connectivity index (χ0v) is 8.48. The fourth-order valence-corrected chi connectivity index (χ4v) is 0. The van der Waals surface area contributed by atoms with Gasteiger partial charge in [-0.2, -0.15) is 0 Å². The third-order valence-corrected chi connectivity index (χ3v) is 0.201. The Kier molecular flexibility index (Phi) is 28.1. The van der Waals surface area contributed by atoms with Gasteiger partial charge in [-0.15, -0.1) is 0 Å². The molecular formula is C6H13NNaO. The Hall–Kier alpha value is 0.210. The second-order valence-electron chi connectivity index (χ2n) is 1.31. The van der Waals surface area contributed by atoms with Crippen molar-refractivity contribution in [3.63, 3.8) is 0 Å². The summed E-state index contributed by atoms with van der Waals surface area (Å²) in [6, 6.07) is 0. The molecule has 3 heteroatoms. The van der Waals surface area contributed by atoms with Crippen LogP contribution >= 0.6 is 0 Å². The second kappa shape index (κ2) is 15.7. The van der Waals surface area contributed by atoms with Gasteiger partial charge in [0.25, 0.3) is 0 Å². The van der Waals surface area contributed by atoms with Gasteiger partial charge in [-0.3, -0.25) is 4.79 Å². The van der Waals surface area contributed by atoms with Crippen molar-refractivity contribution in [2.45, 2.75) is 20.3 Å². The maximum atomic E-state index is 9.47. The van der Waals surface area contributed by atoms with Crippen LogP contribution in [0.15, 0.2) is 12.7 Å². The summed E-state index contributed by atoms with van der Waals surface area (Å²) in [7, 11) is 0. The van der Waals surface area contributed by atoms with E-state index in [0.717, 1.165) is 6.08 Å². The first-order valence-corrected chi connectivity index (χ1v) is 2.60. The molecule has 0 atom stereocenters. The molecule has 9 heavy (non-hydrogen) atoms. The SMILES string of the molecule is C=CC(N)=O.CCC.[Na]. The zero-order valence-electron chi connectivity index (χ0n) is 6.48. The Morgan fingerprint density at radius 3 is 1.78 bits per heavy atom. The summed E-state index contributed by atoms with van der Waals surface area (Å²) >= 11 is 0. The second-order valence-corrected chi connectivity index (χ2v) is 1.31. The quantitative estimate of drug-likeness (QED) is 0.420. The average Bonchev–Trinajstić information content (AvgIpc) is 1.69. The van der Waals surface area contributed by atoms with Crippen LogP contribution in [0.25, 0.3) is 0 Å². The van der Waals surface area contributed by atoms with Crippen LogP contribution in [0.3, 0.4) is 0 Å². The first-order valence-electron chi connectivity index (χ1n) is 2.60. The van der Waals surface area contributed by atoms with E-state index < -0.39 is 5.91 Å². The molecule has 0 unspecified atom stereocenters. The monoisotopic (exact) mass is 138 g/mol. The summed E-state index contributed by atoms with van der Waals surface area (Å²) in [5, 5.41) is 0. The number of primary amides is 1. The molecule has 0 saturated carbocycles. The van der Waals surface area contributed by atoms with E-state index >= 15 is 0 Å². The molecule has 0 aliphatic rings. The molecule has 0 bridgehead atoms. The zero-order chi connectivity index (χ0) is 6.99. The fourth-order valence-electron chi connectivity index (χ4n) is 0. The molecule has 1 radical (unpaired) electrons. The van der Waals surface area contributed by atoms with Gasteiger partial charge in [0, 0.05) is 29.6 Å². The summed E-state index contributed by atoms with van der Waals surface area (Å²) in [5.41, 5.74) is 4.53. The Morgan fingerprint density at radius 2 is 1.78 bits per heavy atom. The third-order valence-electron chi connectivity index (χ3n) is 0.201. The van der Waals surface area contributed by atoms with Crippen molar-refractivity contribution < 1.29 is 4.79 Å². The molecule has 2 nitrogen and oxygen atoms in total. The Balaban J connectivity index is -0.0000000800. The van der Waals surface area contributed by atoms with E-state index in [1.165, 1.54) is 6.42 Å². The fraction of sp³-hybridized carbons (Fsp3) is 0.500. The van der Waals surface area contributed by atoms with Gasteiger partial charge in [-0.05, 0) is 6.08 Å². The van der Waals surface area contributed by atoms with Crippen LogP contribution in [0.2, 0.25) is 0 Å². The summed E-state index contributed by atoms with van der Waals surface area (Å²) < 4.78 is 0.